The molecule has 3 N–H and O–H groups in total. The van der Waals surface area contributed by atoms with E-state index < -0.39 is 0 Å². The van der Waals surface area contributed by atoms with Crippen LogP contribution in [0.3, 0.4) is 0 Å². The van der Waals surface area contributed by atoms with Gasteiger partial charge in [0, 0.05) is 30.5 Å². The molecule has 6 heteroatoms. The quantitative estimate of drug-likeness (QED) is 0.730. The van der Waals surface area contributed by atoms with Crippen LogP contribution in [-0.4, -0.2) is 33.3 Å². The van der Waals surface area contributed by atoms with Crippen LogP contribution in [0.2, 0.25) is 0 Å². The van der Waals surface area contributed by atoms with Gasteiger partial charge < -0.3 is 20.3 Å². The van der Waals surface area contributed by atoms with Crippen molar-refractivity contribution < 1.29 is 9.90 Å². The van der Waals surface area contributed by atoms with Crippen molar-refractivity contribution in [2.75, 3.05) is 11.9 Å². The SMILES string of the molecule is CCC(CO)NC(=O)Nc1cccc(Cn2ccnc2C(C)C)c1. The van der Waals surface area contributed by atoms with Gasteiger partial charge in [-0.3, -0.25) is 0 Å². The summed E-state index contributed by atoms with van der Waals surface area (Å²) in [5.41, 5.74) is 1.81. The fourth-order valence-electron chi connectivity index (χ4n) is 2.53. The number of anilines is 1. The topological polar surface area (TPSA) is 79.2 Å². The molecule has 2 aromatic rings. The molecule has 0 spiro atoms. The molecule has 24 heavy (non-hydrogen) atoms. The second kappa shape index (κ2) is 8.49. The highest BCUT2D eigenvalue weighted by Gasteiger charge is 2.10. The summed E-state index contributed by atoms with van der Waals surface area (Å²) in [6.45, 7) is 6.79. The molecule has 0 aliphatic carbocycles. The Bertz CT molecular complexity index is 663. The Labute approximate surface area is 142 Å². The smallest absolute Gasteiger partial charge is 0.319 e. The highest BCUT2D eigenvalue weighted by atomic mass is 16.3. The molecule has 0 bridgehead atoms. The van der Waals surface area contributed by atoms with Crippen molar-refractivity contribution in [1.29, 1.82) is 0 Å². The number of amides is 2. The average Bonchev–Trinajstić information content (AvgIpc) is 3.01. The summed E-state index contributed by atoms with van der Waals surface area (Å²) in [4.78, 5) is 16.4. The third-order valence-electron chi connectivity index (χ3n) is 3.85. The summed E-state index contributed by atoms with van der Waals surface area (Å²) in [6, 6.07) is 7.20. The largest absolute Gasteiger partial charge is 0.394 e. The van der Waals surface area contributed by atoms with E-state index in [2.05, 4.69) is 34.0 Å². The van der Waals surface area contributed by atoms with Crippen LogP contribution >= 0.6 is 0 Å². The van der Waals surface area contributed by atoms with Gasteiger partial charge >= 0.3 is 6.03 Å². The molecule has 6 nitrogen and oxygen atoms in total. The first-order valence-corrected chi connectivity index (χ1v) is 8.31. The van der Waals surface area contributed by atoms with E-state index in [1.165, 1.54) is 0 Å². The van der Waals surface area contributed by atoms with Gasteiger partial charge in [0.05, 0.1) is 12.6 Å². The Hall–Kier alpha value is -2.34. The maximum absolute atomic E-state index is 12.0. The molecule has 1 aromatic carbocycles. The number of urea groups is 1. The maximum Gasteiger partial charge on any atom is 0.319 e. The first-order valence-electron chi connectivity index (χ1n) is 8.31. The molecule has 2 rings (SSSR count). The van der Waals surface area contributed by atoms with Gasteiger partial charge in [-0.1, -0.05) is 32.9 Å². The van der Waals surface area contributed by atoms with Crippen LogP contribution in [0.4, 0.5) is 10.5 Å². The third kappa shape index (κ3) is 4.83. The van der Waals surface area contributed by atoms with Crippen LogP contribution in [-0.2, 0) is 6.54 Å². The van der Waals surface area contributed by atoms with E-state index in [1.54, 1.807) is 0 Å². The third-order valence-corrected chi connectivity index (χ3v) is 3.85. The fourth-order valence-corrected chi connectivity index (χ4v) is 2.53. The molecule has 1 aromatic heterocycles. The Morgan fingerprint density at radius 3 is 2.83 bits per heavy atom. The minimum atomic E-state index is -0.307. The van der Waals surface area contributed by atoms with Crippen molar-refractivity contribution in [2.24, 2.45) is 0 Å². The van der Waals surface area contributed by atoms with E-state index in [0.29, 0.717) is 18.9 Å². The number of nitrogens with zero attached hydrogens (tertiary/aromatic N) is 2. The lowest BCUT2D eigenvalue weighted by atomic mass is 10.1. The van der Waals surface area contributed by atoms with Crippen molar-refractivity contribution in [3.05, 3.63) is 48.0 Å². The minimum Gasteiger partial charge on any atom is -0.394 e. The fraction of sp³-hybridized carbons (Fsp3) is 0.444. The molecular formula is C18H26N4O2. The van der Waals surface area contributed by atoms with Gasteiger partial charge in [0.1, 0.15) is 5.82 Å². The summed E-state index contributed by atoms with van der Waals surface area (Å²) < 4.78 is 2.11. The predicted molar refractivity (Wildman–Crippen MR) is 95.2 cm³/mol. The number of aliphatic hydroxyl groups is 1. The van der Waals surface area contributed by atoms with E-state index in [-0.39, 0.29) is 18.7 Å². The molecule has 0 aliphatic heterocycles. The lowest BCUT2D eigenvalue weighted by Crippen LogP contribution is -2.39. The van der Waals surface area contributed by atoms with E-state index in [0.717, 1.165) is 17.1 Å². The minimum absolute atomic E-state index is 0.0669. The first kappa shape index (κ1) is 18.0. The Morgan fingerprint density at radius 2 is 2.17 bits per heavy atom. The average molecular weight is 330 g/mol. The van der Waals surface area contributed by atoms with Gasteiger partial charge in [-0.2, -0.15) is 0 Å². The predicted octanol–water partition coefficient (Wildman–Crippen LogP) is 2.95. The van der Waals surface area contributed by atoms with Crippen LogP contribution < -0.4 is 10.6 Å². The lowest BCUT2D eigenvalue weighted by Gasteiger charge is -2.15. The van der Waals surface area contributed by atoms with Crippen molar-refractivity contribution >= 4 is 11.7 Å². The molecule has 130 valence electrons. The number of aliphatic hydroxyl groups excluding tert-OH is 1. The number of rotatable bonds is 7. The number of benzene rings is 1. The van der Waals surface area contributed by atoms with Crippen molar-refractivity contribution in [1.82, 2.24) is 14.9 Å². The van der Waals surface area contributed by atoms with Crippen LogP contribution in [0.5, 0.6) is 0 Å². The summed E-state index contributed by atoms with van der Waals surface area (Å²) in [5.74, 6) is 1.40. The second-order valence-corrected chi connectivity index (χ2v) is 6.15. The summed E-state index contributed by atoms with van der Waals surface area (Å²) in [7, 11) is 0. The van der Waals surface area contributed by atoms with Crippen molar-refractivity contribution in [3.63, 3.8) is 0 Å². The number of aromatic nitrogens is 2. The maximum atomic E-state index is 12.0. The normalized spacial score (nSPS) is 12.2. The molecule has 0 saturated carbocycles. The molecule has 1 heterocycles. The van der Waals surface area contributed by atoms with Gasteiger partial charge in [0.2, 0.25) is 0 Å². The van der Waals surface area contributed by atoms with Crippen LogP contribution in [0.15, 0.2) is 36.7 Å². The number of carbonyl (C=O) groups excluding carboxylic acids is 1. The highest BCUT2D eigenvalue weighted by molar-refractivity contribution is 5.89. The molecule has 0 fully saturated rings. The summed E-state index contributed by atoms with van der Waals surface area (Å²) >= 11 is 0. The first-order chi connectivity index (χ1) is 11.5. The van der Waals surface area contributed by atoms with Crippen molar-refractivity contribution in [3.8, 4) is 0 Å². The number of nitrogens with one attached hydrogen (secondary N) is 2. The zero-order valence-corrected chi connectivity index (χ0v) is 14.5. The Morgan fingerprint density at radius 1 is 1.38 bits per heavy atom. The number of imidazole rings is 1. The lowest BCUT2D eigenvalue weighted by molar-refractivity contribution is 0.222. The van der Waals surface area contributed by atoms with Gasteiger partial charge in [-0.15, -0.1) is 0 Å². The molecule has 0 aliphatic rings. The number of hydrogen-bond donors (Lipinski definition) is 3. The molecule has 0 saturated heterocycles. The zero-order valence-electron chi connectivity index (χ0n) is 14.5. The highest BCUT2D eigenvalue weighted by Crippen LogP contribution is 2.16. The van der Waals surface area contributed by atoms with Gasteiger partial charge in [0.25, 0.3) is 0 Å². The summed E-state index contributed by atoms with van der Waals surface area (Å²) in [6.07, 6.45) is 4.46. The van der Waals surface area contributed by atoms with Crippen LogP contribution in [0, 0.1) is 0 Å². The number of hydrogen-bond acceptors (Lipinski definition) is 3. The Balaban J connectivity index is 2.03. The second-order valence-electron chi connectivity index (χ2n) is 6.15. The van der Waals surface area contributed by atoms with Gasteiger partial charge in [-0.25, -0.2) is 9.78 Å². The Kier molecular flexibility index (Phi) is 6.37. The van der Waals surface area contributed by atoms with Gasteiger partial charge in [0.15, 0.2) is 0 Å². The van der Waals surface area contributed by atoms with Gasteiger partial charge in [-0.05, 0) is 24.1 Å². The van der Waals surface area contributed by atoms with E-state index in [9.17, 15) is 4.79 Å². The van der Waals surface area contributed by atoms with Crippen LogP contribution in [0.25, 0.3) is 0 Å². The monoisotopic (exact) mass is 330 g/mol. The van der Waals surface area contributed by atoms with E-state index in [4.69, 9.17) is 5.11 Å². The molecule has 1 unspecified atom stereocenters. The summed E-state index contributed by atoms with van der Waals surface area (Å²) in [5, 5.41) is 14.7. The van der Waals surface area contributed by atoms with E-state index in [1.807, 2.05) is 43.6 Å². The standard InChI is InChI=1S/C18H26N4O2/c1-4-15(12-23)20-18(24)21-16-7-5-6-14(10-16)11-22-9-8-19-17(22)13(2)3/h5-10,13,15,23H,4,11-12H2,1-3H3,(H2,20,21,24). The van der Waals surface area contributed by atoms with Crippen molar-refractivity contribution in [2.45, 2.75) is 45.7 Å². The van der Waals surface area contributed by atoms with Crippen LogP contribution in [0.1, 0.15) is 44.5 Å². The molecule has 1 atom stereocenters. The number of carbonyl (C=O) groups is 1. The molecule has 0 radical (unpaired) electrons. The molecule has 2 amide bonds. The molecular weight excluding hydrogens is 304 g/mol. The van der Waals surface area contributed by atoms with E-state index >= 15 is 0 Å². The zero-order chi connectivity index (χ0) is 17.5.